The van der Waals surface area contributed by atoms with Crippen molar-refractivity contribution in [1.82, 2.24) is 0 Å². The molecule has 0 amide bonds. The van der Waals surface area contributed by atoms with Gasteiger partial charge in [0.25, 0.3) is 0 Å². The molecule has 0 spiro atoms. The monoisotopic (exact) mass is 355 g/mol. The number of methoxy groups -OCH3 is 1. The van der Waals surface area contributed by atoms with Gasteiger partial charge in [-0.1, -0.05) is 24.3 Å². The maximum atomic E-state index is 6.26. The molecule has 1 heterocycles. The van der Waals surface area contributed by atoms with Crippen LogP contribution >= 0.6 is 0 Å². The van der Waals surface area contributed by atoms with Crippen LogP contribution in [0, 0.1) is 13.8 Å². The summed E-state index contributed by atoms with van der Waals surface area (Å²) in [6, 6.07) is 24.1. The van der Waals surface area contributed by atoms with E-state index in [0.717, 1.165) is 44.7 Å². The van der Waals surface area contributed by atoms with Gasteiger partial charge in [-0.2, -0.15) is 0 Å². The average molecular weight is 355 g/mol. The van der Waals surface area contributed by atoms with Gasteiger partial charge in [0.1, 0.15) is 17.1 Å². The van der Waals surface area contributed by atoms with Crippen LogP contribution in [0.1, 0.15) is 11.1 Å². The lowest BCUT2D eigenvalue weighted by atomic mass is 10.0. The molecule has 4 aromatic rings. The number of hydrogen-bond acceptors (Lipinski definition) is 3. The summed E-state index contributed by atoms with van der Waals surface area (Å²) in [6.45, 7) is 4.18. The van der Waals surface area contributed by atoms with Crippen LogP contribution in [0.25, 0.3) is 22.3 Å². The molecule has 0 bridgehead atoms. The number of aryl methyl sites for hydroxylation is 2. The summed E-state index contributed by atoms with van der Waals surface area (Å²) in [6.07, 6.45) is 0. The van der Waals surface area contributed by atoms with Gasteiger partial charge in [-0.25, -0.2) is 4.99 Å². The van der Waals surface area contributed by atoms with Gasteiger partial charge in [0.15, 0.2) is 0 Å². The van der Waals surface area contributed by atoms with Crippen molar-refractivity contribution in [2.45, 2.75) is 13.8 Å². The lowest BCUT2D eigenvalue weighted by Gasteiger charge is -2.09. The van der Waals surface area contributed by atoms with Crippen molar-refractivity contribution in [1.29, 1.82) is 0 Å². The number of nitrogens with zero attached hydrogens (tertiary/aromatic N) is 1. The normalized spacial score (nSPS) is 11.7. The van der Waals surface area contributed by atoms with Gasteiger partial charge < -0.3 is 9.15 Å². The molecule has 27 heavy (non-hydrogen) atoms. The van der Waals surface area contributed by atoms with E-state index in [4.69, 9.17) is 14.1 Å². The van der Waals surface area contributed by atoms with Crippen LogP contribution in [-0.2, 0) is 0 Å². The topological polar surface area (TPSA) is 34.7 Å². The molecule has 0 N–H and O–H groups in total. The molecule has 0 aliphatic heterocycles. The van der Waals surface area contributed by atoms with Gasteiger partial charge in [0, 0.05) is 17.0 Å². The van der Waals surface area contributed by atoms with E-state index in [1.807, 2.05) is 60.7 Å². The minimum atomic E-state index is 0.782. The molecule has 3 heteroatoms. The third-order valence-corrected chi connectivity index (χ3v) is 4.57. The van der Waals surface area contributed by atoms with Gasteiger partial charge in [0.05, 0.1) is 18.2 Å². The minimum Gasteiger partial charge on any atom is -0.497 e. The van der Waals surface area contributed by atoms with Crippen molar-refractivity contribution in [2.24, 2.45) is 4.99 Å². The molecule has 0 saturated carbocycles. The lowest BCUT2D eigenvalue weighted by Crippen LogP contribution is -2.05. The van der Waals surface area contributed by atoms with Crippen LogP contribution in [0.15, 0.2) is 82.2 Å². The number of hydrogen-bond donors (Lipinski definition) is 0. The summed E-state index contributed by atoms with van der Waals surface area (Å²) in [5, 5.41) is 1.95. The van der Waals surface area contributed by atoms with E-state index in [9.17, 15) is 0 Å². The first-order chi connectivity index (χ1) is 13.1. The lowest BCUT2D eigenvalue weighted by molar-refractivity contribution is 0.415. The van der Waals surface area contributed by atoms with Gasteiger partial charge >= 0.3 is 0 Å². The van der Waals surface area contributed by atoms with E-state index in [1.165, 1.54) is 5.56 Å². The molecule has 0 atom stereocenters. The maximum Gasteiger partial charge on any atom is 0.137 e. The zero-order valence-electron chi connectivity index (χ0n) is 15.7. The van der Waals surface area contributed by atoms with Crippen molar-refractivity contribution < 1.29 is 9.15 Å². The molecule has 1 aromatic heterocycles. The second-order valence-electron chi connectivity index (χ2n) is 6.63. The highest BCUT2D eigenvalue weighted by Crippen LogP contribution is 2.26. The van der Waals surface area contributed by atoms with Crippen LogP contribution in [0.3, 0.4) is 0 Å². The van der Waals surface area contributed by atoms with Gasteiger partial charge in [-0.05, 0) is 67.4 Å². The van der Waals surface area contributed by atoms with Gasteiger partial charge in [0.2, 0.25) is 0 Å². The first-order valence-corrected chi connectivity index (χ1v) is 8.93. The van der Waals surface area contributed by atoms with Crippen molar-refractivity contribution in [3.63, 3.8) is 0 Å². The predicted molar refractivity (Wildman–Crippen MR) is 109 cm³/mol. The predicted octanol–water partition coefficient (Wildman–Crippen LogP) is 5.96. The highest BCUT2D eigenvalue weighted by atomic mass is 16.5. The fourth-order valence-corrected chi connectivity index (χ4v) is 3.31. The Labute approximate surface area is 158 Å². The fourth-order valence-electron chi connectivity index (χ4n) is 3.31. The maximum absolute atomic E-state index is 6.26. The number of ether oxygens (including phenoxy) is 1. The Bertz CT molecular complexity index is 1160. The summed E-state index contributed by atoms with van der Waals surface area (Å²) in [5.74, 6) is 1.60. The molecule has 0 unspecified atom stereocenters. The van der Waals surface area contributed by atoms with E-state index >= 15 is 0 Å². The molecule has 4 rings (SSSR count). The van der Waals surface area contributed by atoms with Crippen LogP contribution in [-0.4, -0.2) is 7.11 Å². The molecule has 0 fully saturated rings. The van der Waals surface area contributed by atoms with Gasteiger partial charge in [-0.3, -0.25) is 0 Å². The summed E-state index contributed by atoms with van der Waals surface area (Å²) >= 11 is 0. The van der Waals surface area contributed by atoms with Crippen LogP contribution < -0.4 is 10.1 Å². The van der Waals surface area contributed by atoms with E-state index < -0.39 is 0 Å². The Balaban J connectivity index is 2.00. The smallest absolute Gasteiger partial charge is 0.137 e. The Hall–Kier alpha value is -3.33. The van der Waals surface area contributed by atoms with E-state index in [2.05, 4.69) is 26.0 Å². The second-order valence-corrected chi connectivity index (χ2v) is 6.63. The van der Waals surface area contributed by atoms with Gasteiger partial charge in [-0.15, -0.1) is 0 Å². The molecule has 0 aliphatic rings. The van der Waals surface area contributed by atoms with E-state index in [1.54, 1.807) is 7.11 Å². The van der Waals surface area contributed by atoms with E-state index in [0.29, 0.717) is 0 Å². The van der Waals surface area contributed by atoms with E-state index in [-0.39, 0.29) is 0 Å². The number of fused-ring (bicyclic) bond motifs is 1. The average Bonchev–Trinajstić information content (AvgIpc) is 2.68. The minimum absolute atomic E-state index is 0.782. The Morgan fingerprint density at radius 2 is 1.59 bits per heavy atom. The molecular weight excluding hydrogens is 334 g/mol. The first kappa shape index (κ1) is 17.1. The summed E-state index contributed by atoms with van der Waals surface area (Å²) in [7, 11) is 1.66. The zero-order chi connectivity index (χ0) is 18.8. The van der Waals surface area contributed by atoms with Crippen LogP contribution in [0.5, 0.6) is 5.75 Å². The third kappa shape index (κ3) is 3.49. The van der Waals surface area contributed by atoms with Crippen molar-refractivity contribution in [3.05, 3.63) is 89.3 Å². The molecule has 0 radical (unpaired) electrons. The highest BCUT2D eigenvalue weighted by Gasteiger charge is 2.09. The molecule has 3 nitrogen and oxygen atoms in total. The van der Waals surface area contributed by atoms with Crippen molar-refractivity contribution in [3.8, 4) is 17.1 Å². The first-order valence-electron chi connectivity index (χ1n) is 8.93. The van der Waals surface area contributed by atoms with Crippen molar-refractivity contribution in [2.75, 3.05) is 7.11 Å². The molecule has 3 aromatic carbocycles. The quantitative estimate of drug-likeness (QED) is 0.454. The summed E-state index contributed by atoms with van der Waals surface area (Å²) in [5.41, 5.74) is 5.08. The Morgan fingerprint density at radius 3 is 2.30 bits per heavy atom. The highest BCUT2D eigenvalue weighted by molar-refractivity contribution is 5.82. The van der Waals surface area contributed by atoms with Crippen LogP contribution in [0.4, 0.5) is 5.69 Å². The molecular formula is C24H21NO2. The third-order valence-electron chi connectivity index (χ3n) is 4.57. The second kappa shape index (κ2) is 7.12. The standard InChI is InChI=1S/C24H21NO2/c1-16-13-17(2)24-21(25-19-7-5-4-6-8-19)15-22(27-23(24)14-16)18-9-11-20(26-3)12-10-18/h4-15H,1-3H3. The molecule has 0 aliphatic carbocycles. The number of rotatable bonds is 3. The summed E-state index contributed by atoms with van der Waals surface area (Å²) < 4.78 is 11.5. The van der Waals surface area contributed by atoms with Crippen LogP contribution in [0.2, 0.25) is 0 Å². The number of benzene rings is 3. The van der Waals surface area contributed by atoms with Crippen molar-refractivity contribution >= 4 is 16.7 Å². The Morgan fingerprint density at radius 1 is 0.852 bits per heavy atom. The zero-order valence-corrected chi connectivity index (χ0v) is 15.7. The fraction of sp³-hybridized carbons (Fsp3) is 0.125. The molecule has 134 valence electrons. The largest absolute Gasteiger partial charge is 0.497 e. The summed E-state index contributed by atoms with van der Waals surface area (Å²) in [4.78, 5) is 4.89. The molecule has 0 saturated heterocycles. The SMILES string of the molecule is COc1ccc(-c2cc(=Nc3ccccc3)c3c(C)cc(C)cc3o2)cc1. The number of para-hydroxylation sites is 1. The Kier molecular flexibility index (Phi) is 4.51.